The third-order valence-corrected chi connectivity index (χ3v) is 3.68. The Balaban J connectivity index is 1.93. The van der Waals surface area contributed by atoms with Crippen molar-refractivity contribution < 1.29 is 9.47 Å². The topological polar surface area (TPSA) is 44.5 Å². The summed E-state index contributed by atoms with van der Waals surface area (Å²) in [4.78, 5) is 0. The van der Waals surface area contributed by atoms with Gasteiger partial charge in [0.15, 0.2) is 0 Å². The summed E-state index contributed by atoms with van der Waals surface area (Å²) < 4.78 is 10.9. The maximum atomic E-state index is 5.69. The van der Waals surface area contributed by atoms with Gasteiger partial charge in [-0.25, -0.2) is 0 Å². The van der Waals surface area contributed by atoms with E-state index in [9.17, 15) is 0 Å². The van der Waals surface area contributed by atoms with E-state index in [2.05, 4.69) is 18.2 Å². The van der Waals surface area contributed by atoms with E-state index in [0.717, 1.165) is 45.0 Å². The van der Waals surface area contributed by atoms with Crippen LogP contribution >= 0.6 is 0 Å². The van der Waals surface area contributed by atoms with Crippen molar-refractivity contribution in [3.05, 3.63) is 29.3 Å². The molecule has 0 amide bonds. The highest BCUT2D eigenvalue weighted by Gasteiger charge is 2.39. The Morgan fingerprint density at radius 2 is 2.19 bits per heavy atom. The number of ether oxygens (including phenoxy) is 2. The number of benzene rings is 1. The Morgan fingerprint density at radius 3 is 2.88 bits per heavy atom. The first-order chi connectivity index (χ1) is 7.84. The summed E-state index contributed by atoms with van der Waals surface area (Å²) in [5.41, 5.74) is 8.57. The molecule has 0 aliphatic carbocycles. The zero-order valence-electron chi connectivity index (χ0n) is 9.37. The highest BCUT2D eigenvalue weighted by atomic mass is 16.5. The van der Waals surface area contributed by atoms with E-state index in [4.69, 9.17) is 15.2 Å². The van der Waals surface area contributed by atoms with E-state index in [1.807, 2.05) is 0 Å². The van der Waals surface area contributed by atoms with Crippen LogP contribution in [-0.2, 0) is 16.6 Å². The second kappa shape index (κ2) is 3.75. The number of nitrogens with two attached hydrogens (primary N) is 1. The Hall–Kier alpha value is -1.06. The van der Waals surface area contributed by atoms with Crippen molar-refractivity contribution in [3.8, 4) is 5.75 Å². The van der Waals surface area contributed by atoms with Gasteiger partial charge in [-0.3, -0.25) is 0 Å². The second-order valence-corrected chi connectivity index (χ2v) is 4.73. The SMILES string of the molecule is NCCC1(c2ccc3c(c2)CCO3)COC1. The van der Waals surface area contributed by atoms with E-state index in [-0.39, 0.29) is 5.41 Å². The first kappa shape index (κ1) is 10.1. The summed E-state index contributed by atoms with van der Waals surface area (Å²) in [5, 5.41) is 0. The van der Waals surface area contributed by atoms with Crippen molar-refractivity contribution in [2.75, 3.05) is 26.4 Å². The average molecular weight is 219 g/mol. The molecule has 1 saturated heterocycles. The summed E-state index contributed by atoms with van der Waals surface area (Å²) in [6.07, 6.45) is 2.04. The Morgan fingerprint density at radius 1 is 1.31 bits per heavy atom. The average Bonchev–Trinajstić information content (AvgIpc) is 2.70. The largest absolute Gasteiger partial charge is 0.493 e. The summed E-state index contributed by atoms with van der Waals surface area (Å²) in [6.45, 7) is 3.16. The summed E-state index contributed by atoms with van der Waals surface area (Å²) in [5.74, 6) is 1.05. The van der Waals surface area contributed by atoms with E-state index < -0.39 is 0 Å². The highest BCUT2D eigenvalue weighted by Crippen LogP contribution is 2.38. The molecule has 1 fully saturated rings. The minimum Gasteiger partial charge on any atom is -0.493 e. The molecule has 3 rings (SSSR count). The molecule has 16 heavy (non-hydrogen) atoms. The lowest BCUT2D eigenvalue weighted by atomic mass is 9.75. The van der Waals surface area contributed by atoms with Crippen LogP contribution in [0.5, 0.6) is 5.75 Å². The fraction of sp³-hybridized carbons (Fsp3) is 0.538. The van der Waals surface area contributed by atoms with Crippen LogP contribution in [0.2, 0.25) is 0 Å². The first-order valence-corrected chi connectivity index (χ1v) is 5.88. The van der Waals surface area contributed by atoms with Crippen LogP contribution in [-0.4, -0.2) is 26.4 Å². The third-order valence-electron chi connectivity index (χ3n) is 3.68. The van der Waals surface area contributed by atoms with Gasteiger partial charge in [0.1, 0.15) is 5.75 Å². The van der Waals surface area contributed by atoms with E-state index in [0.29, 0.717) is 0 Å². The van der Waals surface area contributed by atoms with Crippen LogP contribution in [0.4, 0.5) is 0 Å². The molecule has 0 atom stereocenters. The number of hydrogen-bond donors (Lipinski definition) is 1. The van der Waals surface area contributed by atoms with Gasteiger partial charge in [0.25, 0.3) is 0 Å². The van der Waals surface area contributed by atoms with Crippen LogP contribution < -0.4 is 10.5 Å². The van der Waals surface area contributed by atoms with Crippen molar-refractivity contribution in [1.29, 1.82) is 0 Å². The molecule has 0 radical (unpaired) electrons. The fourth-order valence-electron chi connectivity index (χ4n) is 2.60. The van der Waals surface area contributed by atoms with Gasteiger partial charge in [-0.15, -0.1) is 0 Å². The lowest BCUT2D eigenvalue weighted by molar-refractivity contribution is -0.0631. The molecule has 0 aromatic heterocycles. The molecule has 2 heterocycles. The summed E-state index contributed by atoms with van der Waals surface area (Å²) in [7, 11) is 0. The van der Waals surface area contributed by atoms with Gasteiger partial charge in [-0.2, -0.15) is 0 Å². The normalized spacial score (nSPS) is 21.1. The van der Waals surface area contributed by atoms with E-state index in [1.54, 1.807) is 0 Å². The number of hydrogen-bond acceptors (Lipinski definition) is 3. The van der Waals surface area contributed by atoms with Gasteiger partial charge in [-0.05, 0) is 30.2 Å². The molecule has 0 unspecified atom stereocenters. The molecule has 2 aliphatic rings. The molecule has 0 spiro atoms. The molecule has 1 aromatic rings. The van der Waals surface area contributed by atoms with Crippen molar-refractivity contribution in [3.63, 3.8) is 0 Å². The predicted octanol–water partition coefficient (Wildman–Crippen LogP) is 1.24. The van der Waals surface area contributed by atoms with Crippen LogP contribution in [0.3, 0.4) is 0 Å². The predicted molar refractivity (Wildman–Crippen MR) is 61.8 cm³/mol. The second-order valence-electron chi connectivity index (χ2n) is 4.73. The van der Waals surface area contributed by atoms with Crippen LogP contribution in [0.25, 0.3) is 0 Å². The lowest BCUT2D eigenvalue weighted by Crippen LogP contribution is -2.48. The molecular weight excluding hydrogens is 202 g/mol. The van der Waals surface area contributed by atoms with Gasteiger partial charge in [0.2, 0.25) is 0 Å². The maximum absolute atomic E-state index is 5.69. The maximum Gasteiger partial charge on any atom is 0.122 e. The molecule has 3 nitrogen and oxygen atoms in total. The van der Waals surface area contributed by atoms with Crippen molar-refractivity contribution in [2.24, 2.45) is 5.73 Å². The zero-order valence-corrected chi connectivity index (χ0v) is 9.37. The quantitative estimate of drug-likeness (QED) is 0.831. The minimum absolute atomic E-state index is 0.173. The van der Waals surface area contributed by atoms with Crippen LogP contribution in [0, 0.1) is 0 Å². The molecule has 1 aromatic carbocycles. The smallest absolute Gasteiger partial charge is 0.122 e. The van der Waals surface area contributed by atoms with Crippen LogP contribution in [0.1, 0.15) is 17.5 Å². The number of fused-ring (bicyclic) bond motifs is 1. The summed E-state index contributed by atoms with van der Waals surface area (Å²) >= 11 is 0. The minimum atomic E-state index is 0.173. The summed E-state index contributed by atoms with van der Waals surface area (Å²) in [6, 6.07) is 6.54. The van der Waals surface area contributed by atoms with Gasteiger partial charge in [0, 0.05) is 11.8 Å². The van der Waals surface area contributed by atoms with Gasteiger partial charge in [0.05, 0.1) is 19.8 Å². The van der Waals surface area contributed by atoms with E-state index >= 15 is 0 Å². The van der Waals surface area contributed by atoms with Crippen molar-refractivity contribution in [2.45, 2.75) is 18.3 Å². The lowest BCUT2D eigenvalue weighted by Gasteiger charge is -2.42. The molecule has 0 bridgehead atoms. The third kappa shape index (κ3) is 1.43. The fourth-order valence-corrected chi connectivity index (χ4v) is 2.60. The Bertz CT molecular complexity index is 399. The molecule has 0 saturated carbocycles. The number of rotatable bonds is 3. The molecule has 2 aliphatic heterocycles. The molecule has 2 N–H and O–H groups in total. The van der Waals surface area contributed by atoms with Crippen molar-refractivity contribution >= 4 is 0 Å². The van der Waals surface area contributed by atoms with Gasteiger partial charge < -0.3 is 15.2 Å². The van der Waals surface area contributed by atoms with E-state index in [1.165, 1.54) is 11.1 Å². The first-order valence-electron chi connectivity index (χ1n) is 5.88. The zero-order chi connectivity index (χ0) is 11.0. The van der Waals surface area contributed by atoms with Gasteiger partial charge in [-0.1, -0.05) is 12.1 Å². The van der Waals surface area contributed by atoms with Gasteiger partial charge >= 0.3 is 0 Å². The molecule has 86 valence electrons. The highest BCUT2D eigenvalue weighted by molar-refractivity contribution is 5.43. The molecular formula is C13H17NO2. The van der Waals surface area contributed by atoms with Crippen molar-refractivity contribution in [1.82, 2.24) is 0 Å². The monoisotopic (exact) mass is 219 g/mol. The standard InChI is InChI=1S/C13H17NO2/c14-5-4-13(8-15-9-13)11-1-2-12-10(7-11)3-6-16-12/h1-2,7H,3-6,8-9,14H2. The van der Waals surface area contributed by atoms with Crippen LogP contribution in [0.15, 0.2) is 18.2 Å². The molecule has 3 heteroatoms. The Labute approximate surface area is 95.5 Å². The Kier molecular flexibility index (Phi) is 2.37.